The van der Waals surface area contributed by atoms with Crippen molar-refractivity contribution in [1.82, 2.24) is 15.0 Å². The maximum absolute atomic E-state index is 13.7. The number of carbonyl (C=O) groups excluding carboxylic acids is 1. The summed E-state index contributed by atoms with van der Waals surface area (Å²) in [6.07, 6.45) is -1.85. The van der Waals surface area contributed by atoms with Crippen LogP contribution in [0.2, 0.25) is 0 Å². The Bertz CT molecular complexity index is 1340. The van der Waals surface area contributed by atoms with E-state index in [2.05, 4.69) is 25.6 Å². The molecule has 198 valence electrons. The van der Waals surface area contributed by atoms with E-state index in [0.717, 1.165) is 6.07 Å². The molecule has 0 saturated heterocycles. The van der Waals surface area contributed by atoms with Crippen molar-refractivity contribution in [3.8, 4) is 17.1 Å². The third-order valence-corrected chi connectivity index (χ3v) is 5.42. The number of anilines is 2. The van der Waals surface area contributed by atoms with E-state index in [9.17, 15) is 27.9 Å². The Morgan fingerprint density at radius 2 is 1.92 bits per heavy atom. The Morgan fingerprint density at radius 3 is 2.54 bits per heavy atom. The highest BCUT2D eigenvalue weighted by Crippen LogP contribution is 2.36. The fourth-order valence-electron chi connectivity index (χ4n) is 3.51. The third-order valence-electron chi connectivity index (χ3n) is 5.42. The van der Waals surface area contributed by atoms with Crippen LogP contribution in [0.25, 0.3) is 11.4 Å². The quantitative estimate of drug-likeness (QED) is 0.340. The summed E-state index contributed by atoms with van der Waals surface area (Å²) in [5.41, 5.74) is -0.926. The van der Waals surface area contributed by atoms with Gasteiger partial charge >= 0.3 is 12.2 Å². The minimum Gasteiger partial charge on any atom is -0.488 e. The van der Waals surface area contributed by atoms with E-state index < -0.39 is 28.7 Å². The summed E-state index contributed by atoms with van der Waals surface area (Å²) in [5, 5.41) is 14.4. The number of urea groups is 1. The van der Waals surface area contributed by atoms with E-state index in [-0.39, 0.29) is 41.5 Å². The molecule has 37 heavy (non-hydrogen) atoms. The van der Waals surface area contributed by atoms with Crippen molar-refractivity contribution in [2.45, 2.75) is 40.3 Å². The highest BCUT2D eigenvalue weighted by Gasteiger charge is 2.35. The molecule has 0 saturated carbocycles. The SMILES string of the molecule is CCOc1cc(-c2ncc(NC(=O)Nc3ccc(CC(C)(C)CO)c(C(F)(F)F)c3)c(C)n2)c[nH]c1=O. The molecule has 0 spiro atoms. The van der Waals surface area contributed by atoms with E-state index in [0.29, 0.717) is 17.9 Å². The molecule has 3 rings (SSSR count). The standard InChI is InChI=1S/C25H28F3N5O4/c1-5-37-20-8-16(11-30-22(20)35)21-29-12-19(14(2)31-21)33-23(36)32-17-7-6-15(10-24(3,4)13-34)18(9-17)25(26,27)28/h6-9,11-12,34H,5,10,13H2,1-4H3,(H,30,35)(H2,32,33,36). The number of nitrogens with zero attached hydrogens (tertiary/aromatic N) is 2. The van der Waals surface area contributed by atoms with Crippen LogP contribution in [0.15, 0.2) is 41.5 Å². The Kier molecular flexibility index (Phi) is 8.22. The van der Waals surface area contributed by atoms with Gasteiger partial charge in [0.15, 0.2) is 11.6 Å². The van der Waals surface area contributed by atoms with Gasteiger partial charge in [0.2, 0.25) is 0 Å². The Morgan fingerprint density at radius 1 is 1.19 bits per heavy atom. The molecule has 0 aliphatic rings. The average molecular weight is 520 g/mol. The van der Waals surface area contributed by atoms with Crippen molar-refractivity contribution in [2.24, 2.45) is 5.41 Å². The first-order chi connectivity index (χ1) is 17.3. The topological polar surface area (TPSA) is 129 Å². The second-order valence-corrected chi connectivity index (χ2v) is 9.16. The summed E-state index contributed by atoms with van der Waals surface area (Å²) < 4.78 is 46.3. The number of halogens is 3. The average Bonchev–Trinajstić information content (AvgIpc) is 2.82. The fourth-order valence-corrected chi connectivity index (χ4v) is 3.51. The highest BCUT2D eigenvalue weighted by molar-refractivity contribution is 6.00. The molecule has 3 aromatic rings. The van der Waals surface area contributed by atoms with Gasteiger partial charge in [-0.1, -0.05) is 19.9 Å². The van der Waals surface area contributed by atoms with Gasteiger partial charge in [-0.15, -0.1) is 0 Å². The van der Waals surface area contributed by atoms with Crippen LogP contribution in [0.1, 0.15) is 37.6 Å². The molecular weight excluding hydrogens is 491 g/mol. The van der Waals surface area contributed by atoms with Crippen molar-refractivity contribution >= 4 is 17.4 Å². The fraction of sp³-hybridized carbons (Fsp3) is 0.360. The largest absolute Gasteiger partial charge is 0.488 e. The second-order valence-electron chi connectivity index (χ2n) is 9.16. The normalized spacial score (nSPS) is 11.8. The number of pyridine rings is 1. The van der Waals surface area contributed by atoms with Crippen molar-refractivity contribution in [3.63, 3.8) is 0 Å². The predicted molar refractivity (Wildman–Crippen MR) is 133 cm³/mol. The van der Waals surface area contributed by atoms with E-state index in [1.54, 1.807) is 27.7 Å². The van der Waals surface area contributed by atoms with E-state index in [4.69, 9.17) is 4.74 Å². The Labute approximate surface area is 211 Å². The summed E-state index contributed by atoms with van der Waals surface area (Å²) in [5.74, 6) is 0.392. The van der Waals surface area contributed by atoms with Crippen molar-refractivity contribution in [1.29, 1.82) is 0 Å². The molecule has 2 heterocycles. The number of hydrogen-bond donors (Lipinski definition) is 4. The zero-order valence-corrected chi connectivity index (χ0v) is 20.8. The highest BCUT2D eigenvalue weighted by atomic mass is 19.4. The van der Waals surface area contributed by atoms with Gasteiger partial charge in [-0.05, 0) is 49.4 Å². The van der Waals surface area contributed by atoms with Crippen molar-refractivity contribution in [2.75, 3.05) is 23.8 Å². The molecule has 0 fully saturated rings. The summed E-state index contributed by atoms with van der Waals surface area (Å²) in [7, 11) is 0. The van der Waals surface area contributed by atoms with Crippen LogP contribution in [-0.2, 0) is 12.6 Å². The van der Waals surface area contributed by atoms with Crippen LogP contribution >= 0.6 is 0 Å². The molecule has 0 unspecified atom stereocenters. The molecule has 0 aliphatic carbocycles. The molecule has 0 radical (unpaired) electrons. The number of aliphatic hydroxyl groups is 1. The van der Waals surface area contributed by atoms with Crippen LogP contribution in [0.3, 0.4) is 0 Å². The van der Waals surface area contributed by atoms with Gasteiger partial charge in [0, 0.05) is 24.1 Å². The molecule has 0 bridgehead atoms. The lowest BCUT2D eigenvalue weighted by atomic mass is 9.85. The molecule has 4 N–H and O–H groups in total. The zero-order chi connectivity index (χ0) is 27.4. The first-order valence-corrected chi connectivity index (χ1v) is 11.4. The smallest absolute Gasteiger partial charge is 0.416 e. The van der Waals surface area contributed by atoms with Gasteiger partial charge in [-0.25, -0.2) is 14.8 Å². The van der Waals surface area contributed by atoms with Gasteiger partial charge in [-0.2, -0.15) is 13.2 Å². The van der Waals surface area contributed by atoms with Gasteiger partial charge in [0.1, 0.15) is 0 Å². The molecular formula is C25H28F3N5O4. The number of aromatic nitrogens is 3. The molecule has 9 nitrogen and oxygen atoms in total. The maximum atomic E-state index is 13.7. The lowest BCUT2D eigenvalue weighted by molar-refractivity contribution is -0.138. The third kappa shape index (κ3) is 7.06. The van der Waals surface area contributed by atoms with Crippen LogP contribution in [0.4, 0.5) is 29.3 Å². The molecule has 1 aromatic carbocycles. The number of benzene rings is 1. The van der Waals surface area contributed by atoms with Gasteiger partial charge in [0.25, 0.3) is 5.56 Å². The predicted octanol–water partition coefficient (Wildman–Crippen LogP) is 4.76. The Balaban J connectivity index is 1.77. The second kappa shape index (κ2) is 11.0. The number of H-pyrrole nitrogens is 1. The first kappa shape index (κ1) is 27.7. The summed E-state index contributed by atoms with van der Waals surface area (Å²) in [6.45, 7) is 6.72. The number of alkyl halides is 3. The molecule has 2 aromatic heterocycles. The van der Waals surface area contributed by atoms with Gasteiger partial charge in [0.05, 0.1) is 29.7 Å². The number of hydrogen-bond acceptors (Lipinski definition) is 6. The number of amides is 2. The minimum atomic E-state index is -4.64. The monoisotopic (exact) mass is 519 g/mol. The number of aryl methyl sites for hydroxylation is 1. The first-order valence-electron chi connectivity index (χ1n) is 11.4. The molecule has 0 atom stereocenters. The Hall–Kier alpha value is -3.93. The molecule has 12 heteroatoms. The van der Waals surface area contributed by atoms with Gasteiger partial charge in [-0.3, -0.25) is 4.79 Å². The number of nitrogens with one attached hydrogen (secondary N) is 3. The minimum absolute atomic E-state index is 0.00900. The van der Waals surface area contributed by atoms with Crippen molar-refractivity contribution in [3.05, 3.63) is 63.8 Å². The summed E-state index contributed by atoms with van der Waals surface area (Å²) >= 11 is 0. The van der Waals surface area contributed by atoms with E-state index >= 15 is 0 Å². The maximum Gasteiger partial charge on any atom is 0.416 e. The van der Waals surface area contributed by atoms with E-state index in [1.165, 1.54) is 30.6 Å². The lowest BCUT2D eigenvalue weighted by Crippen LogP contribution is -2.23. The number of carbonyl (C=O) groups is 1. The number of aliphatic hydroxyl groups excluding tert-OH is 1. The number of ether oxygens (including phenoxy) is 1. The number of aromatic amines is 1. The zero-order valence-electron chi connectivity index (χ0n) is 20.8. The summed E-state index contributed by atoms with van der Waals surface area (Å²) in [6, 6.07) is 4.25. The summed E-state index contributed by atoms with van der Waals surface area (Å²) in [4.78, 5) is 35.4. The molecule has 2 amide bonds. The van der Waals surface area contributed by atoms with Crippen LogP contribution in [-0.4, -0.2) is 39.3 Å². The van der Waals surface area contributed by atoms with Crippen LogP contribution in [0, 0.1) is 12.3 Å². The van der Waals surface area contributed by atoms with Crippen LogP contribution in [0.5, 0.6) is 5.75 Å². The van der Waals surface area contributed by atoms with Crippen molar-refractivity contribution < 1.29 is 27.8 Å². The van der Waals surface area contributed by atoms with Crippen LogP contribution < -0.4 is 20.9 Å². The molecule has 0 aliphatic heterocycles. The number of rotatable bonds is 8. The lowest BCUT2D eigenvalue weighted by Gasteiger charge is -2.24. The van der Waals surface area contributed by atoms with E-state index in [1.807, 2.05) is 0 Å². The van der Waals surface area contributed by atoms with Gasteiger partial charge < -0.3 is 25.5 Å².